The number of hydrogen-bond donors (Lipinski definition) is 3. The van der Waals surface area contributed by atoms with Gasteiger partial charge >= 0.3 is 6.18 Å². The topological polar surface area (TPSA) is 69.6 Å². The molecule has 2 aromatic rings. The fourth-order valence-electron chi connectivity index (χ4n) is 2.25. The highest BCUT2D eigenvalue weighted by Crippen LogP contribution is 2.32. The molecule has 25 heavy (non-hydrogen) atoms. The van der Waals surface area contributed by atoms with Crippen LogP contribution in [-0.2, 0) is 29.7 Å². The Balaban J connectivity index is 2.11. The number of carbonyl (C=O) groups excluding carboxylic acids is 1. The van der Waals surface area contributed by atoms with Crippen molar-refractivity contribution in [2.75, 3.05) is 0 Å². The van der Waals surface area contributed by atoms with Crippen molar-refractivity contribution >= 4 is 5.91 Å². The monoisotopic (exact) mass is 353 g/mol. The second-order valence-corrected chi connectivity index (χ2v) is 5.81. The first-order chi connectivity index (χ1) is 11.6. The zero-order valence-corrected chi connectivity index (χ0v) is 13.5. The van der Waals surface area contributed by atoms with E-state index in [9.17, 15) is 23.1 Å². The lowest BCUT2D eigenvalue weighted by atomic mass is 9.93. The normalized spacial score (nSPS) is 14.0. The minimum Gasteiger partial charge on any atom is -0.392 e. The minimum absolute atomic E-state index is 0.0969. The van der Waals surface area contributed by atoms with E-state index >= 15 is 0 Å². The second kappa shape index (κ2) is 7.25. The Morgan fingerprint density at radius 3 is 2.16 bits per heavy atom. The first-order valence-corrected chi connectivity index (χ1v) is 7.51. The molecule has 7 heteroatoms. The van der Waals surface area contributed by atoms with E-state index in [1.54, 1.807) is 24.3 Å². The van der Waals surface area contributed by atoms with Gasteiger partial charge in [0, 0.05) is 6.54 Å². The van der Waals surface area contributed by atoms with Gasteiger partial charge in [0.25, 0.3) is 5.91 Å². The molecule has 2 aromatic carbocycles. The molecule has 0 aliphatic rings. The molecule has 0 aliphatic heterocycles. The van der Waals surface area contributed by atoms with E-state index in [2.05, 4.69) is 5.32 Å². The highest BCUT2D eigenvalue weighted by atomic mass is 19.4. The first-order valence-electron chi connectivity index (χ1n) is 7.51. The van der Waals surface area contributed by atoms with Gasteiger partial charge in [-0.15, -0.1) is 0 Å². The molecule has 0 heterocycles. The number of amides is 1. The van der Waals surface area contributed by atoms with Crippen LogP contribution in [0, 0.1) is 0 Å². The third kappa shape index (κ3) is 4.58. The zero-order chi connectivity index (χ0) is 18.7. The summed E-state index contributed by atoms with van der Waals surface area (Å²) in [6.45, 7) is 1.14. The molecule has 0 saturated heterocycles. The standard InChI is InChI=1S/C18H18F3NO3/c1-17(25,14-3-2-4-15(9-14)18(19,20)21)16(24)22-10-12-5-7-13(11-23)8-6-12/h2-9,23,25H,10-11H2,1H3,(H,22,24). The van der Waals surface area contributed by atoms with Crippen LogP contribution in [0.1, 0.15) is 29.2 Å². The van der Waals surface area contributed by atoms with Crippen molar-refractivity contribution in [3.05, 3.63) is 70.8 Å². The molecular weight excluding hydrogens is 335 g/mol. The van der Waals surface area contributed by atoms with Crippen molar-refractivity contribution in [2.45, 2.75) is 31.9 Å². The first kappa shape index (κ1) is 19.0. The van der Waals surface area contributed by atoms with E-state index < -0.39 is 23.2 Å². The summed E-state index contributed by atoms with van der Waals surface area (Å²) in [7, 11) is 0. The quantitative estimate of drug-likeness (QED) is 0.774. The van der Waals surface area contributed by atoms with Gasteiger partial charge in [0.2, 0.25) is 0 Å². The van der Waals surface area contributed by atoms with Crippen LogP contribution in [0.5, 0.6) is 0 Å². The number of hydrogen-bond acceptors (Lipinski definition) is 3. The maximum atomic E-state index is 12.8. The summed E-state index contributed by atoms with van der Waals surface area (Å²) in [4.78, 5) is 12.2. The molecule has 2 rings (SSSR count). The van der Waals surface area contributed by atoms with E-state index in [-0.39, 0.29) is 18.7 Å². The second-order valence-electron chi connectivity index (χ2n) is 5.81. The summed E-state index contributed by atoms with van der Waals surface area (Å²) in [5.74, 6) is -0.807. The average molecular weight is 353 g/mol. The van der Waals surface area contributed by atoms with E-state index in [1.807, 2.05) is 0 Å². The van der Waals surface area contributed by atoms with Crippen LogP contribution in [0.4, 0.5) is 13.2 Å². The summed E-state index contributed by atoms with van der Waals surface area (Å²) >= 11 is 0. The minimum atomic E-state index is -4.56. The summed E-state index contributed by atoms with van der Waals surface area (Å²) in [5, 5.41) is 21.9. The Morgan fingerprint density at radius 1 is 1.04 bits per heavy atom. The van der Waals surface area contributed by atoms with E-state index in [0.29, 0.717) is 5.56 Å². The van der Waals surface area contributed by atoms with Gasteiger partial charge in [0.1, 0.15) is 0 Å². The number of aliphatic hydroxyl groups excluding tert-OH is 1. The lowest BCUT2D eigenvalue weighted by molar-refractivity contribution is -0.141. The number of alkyl halides is 3. The van der Waals surface area contributed by atoms with Gasteiger partial charge < -0.3 is 15.5 Å². The smallest absolute Gasteiger partial charge is 0.392 e. The molecular formula is C18H18F3NO3. The van der Waals surface area contributed by atoms with Crippen LogP contribution < -0.4 is 5.32 Å². The van der Waals surface area contributed by atoms with Gasteiger partial charge in [-0.05, 0) is 35.7 Å². The molecule has 1 unspecified atom stereocenters. The van der Waals surface area contributed by atoms with E-state index in [0.717, 1.165) is 30.7 Å². The van der Waals surface area contributed by atoms with Crippen molar-refractivity contribution in [3.8, 4) is 0 Å². The molecule has 4 nitrogen and oxygen atoms in total. The summed E-state index contributed by atoms with van der Waals surface area (Å²) in [5.41, 5.74) is -1.74. The molecule has 134 valence electrons. The fraction of sp³-hybridized carbons (Fsp3) is 0.278. The fourth-order valence-corrected chi connectivity index (χ4v) is 2.25. The van der Waals surface area contributed by atoms with Crippen LogP contribution in [0.15, 0.2) is 48.5 Å². The Morgan fingerprint density at radius 2 is 1.60 bits per heavy atom. The van der Waals surface area contributed by atoms with Crippen molar-refractivity contribution in [1.29, 1.82) is 0 Å². The summed E-state index contributed by atoms with van der Waals surface area (Å²) < 4.78 is 38.4. The third-order valence-corrected chi connectivity index (χ3v) is 3.85. The number of rotatable bonds is 5. The van der Waals surface area contributed by atoms with Crippen molar-refractivity contribution < 1.29 is 28.2 Å². The highest BCUT2D eigenvalue weighted by Gasteiger charge is 2.36. The van der Waals surface area contributed by atoms with Gasteiger partial charge in [-0.1, -0.05) is 36.4 Å². The van der Waals surface area contributed by atoms with Crippen LogP contribution in [0.2, 0.25) is 0 Å². The highest BCUT2D eigenvalue weighted by molar-refractivity contribution is 5.85. The molecule has 1 atom stereocenters. The molecule has 0 spiro atoms. The van der Waals surface area contributed by atoms with Crippen molar-refractivity contribution in [1.82, 2.24) is 5.32 Å². The van der Waals surface area contributed by atoms with E-state index in [4.69, 9.17) is 5.11 Å². The van der Waals surface area contributed by atoms with Gasteiger partial charge in [-0.25, -0.2) is 0 Å². The maximum Gasteiger partial charge on any atom is 0.416 e. The largest absolute Gasteiger partial charge is 0.416 e. The Hall–Kier alpha value is -2.38. The Labute approximate surface area is 142 Å². The van der Waals surface area contributed by atoms with Crippen LogP contribution in [-0.4, -0.2) is 16.1 Å². The molecule has 0 saturated carbocycles. The SMILES string of the molecule is CC(O)(C(=O)NCc1ccc(CO)cc1)c1cccc(C(F)(F)F)c1. The van der Waals surface area contributed by atoms with Crippen LogP contribution in [0.3, 0.4) is 0 Å². The summed E-state index contributed by atoms with van der Waals surface area (Å²) in [6.07, 6.45) is -4.56. The molecule has 0 fully saturated rings. The Kier molecular flexibility index (Phi) is 5.49. The number of benzene rings is 2. The van der Waals surface area contributed by atoms with Gasteiger partial charge in [0.15, 0.2) is 5.60 Å². The van der Waals surface area contributed by atoms with Crippen molar-refractivity contribution in [2.24, 2.45) is 0 Å². The molecule has 3 N–H and O–H groups in total. The molecule has 0 radical (unpaired) electrons. The van der Waals surface area contributed by atoms with Crippen LogP contribution >= 0.6 is 0 Å². The molecule has 0 bridgehead atoms. The Bertz CT molecular complexity index is 740. The van der Waals surface area contributed by atoms with Gasteiger partial charge in [0.05, 0.1) is 12.2 Å². The van der Waals surface area contributed by atoms with Crippen molar-refractivity contribution in [3.63, 3.8) is 0 Å². The lowest BCUT2D eigenvalue weighted by Gasteiger charge is -2.23. The van der Waals surface area contributed by atoms with Gasteiger partial charge in [-0.3, -0.25) is 4.79 Å². The molecule has 1 amide bonds. The summed E-state index contributed by atoms with van der Waals surface area (Å²) in [6, 6.07) is 10.8. The number of nitrogens with one attached hydrogen (secondary N) is 1. The number of halogens is 3. The lowest BCUT2D eigenvalue weighted by Crippen LogP contribution is -2.42. The molecule has 0 aliphatic carbocycles. The average Bonchev–Trinajstić information content (AvgIpc) is 2.59. The number of aliphatic hydroxyl groups is 2. The molecule has 0 aromatic heterocycles. The predicted molar refractivity (Wildman–Crippen MR) is 85.2 cm³/mol. The third-order valence-electron chi connectivity index (χ3n) is 3.85. The van der Waals surface area contributed by atoms with E-state index in [1.165, 1.54) is 6.07 Å². The number of carbonyl (C=O) groups is 1. The zero-order valence-electron chi connectivity index (χ0n) is 13.5. The van der Waals surface area contributed by atoms with Crippen LogP contribution in [0.25, 0.3) is 0 Å². The van der Waals surface area contributed by atoms with Gasteiger partial charge in [-0.2, -0.15) is 13.2 Å². The predicted octanol–water partition coefficient (Wildman–Crippen LogP) is 2.72. The maximum absolute atomic E-state index is 12.8.